The van der Waals surface area contributed by atoms with Gasteiger partial charge in [0, 0.05) is 25.3 Å². The molecule has 0 saturated carbocycles. The lowest BCUT2D eigenvalue weighted by atomic mass is 10.0. The zero-order chi connectivity index (χ0) is 21.9. The summed E-state index contributed by atoms with van der Waals surface area (Å²) in [6.45, 7) is 0. The molecule has 29 heavy (non-hydrogen) atoms. The van der Waals surface area contributed by atoms with Crippen molar-refractivity contribution in [1.82, 2.24) is 5.16 Å². The number of benzene rings is 2. The van der Waals surface area contributed by atoms with Gasteiger partial charge in [0.05, 0.1) is 0 Å². The summed E-state index contributed by atoms with van der Waals surface area (Å²) >= 11 is 0. The Bertz CT molecular complexity index is 749. The third-order valence-electron chi connectivity index (χ3n) is 3.16. The molecule has 0 aliphatic rings. The van der Waals surface area contributed by atoms with E-state index in [2.05, 4.69) is 26.8 Å². The second-order valence-corrected chi connectivity index (χ2v) is 5.11. The van der Waals surface area contributed by atoms with E-state index in [1.807, 2.05) is 48.5 Å². The lowest BCUT2D eigenvalue weighted by molar-refractivity contribution is -0.312. The standard InChI is InChI=1S/C15H11NO.2C2H3F3O/c1-3-7-12(8-4-1)14-11-17-16-15(14)13-9-5-2-6-10-13;2*1-6-2(3,4)5/h1-11H;2*1H3. The maximum absolute atomic E-state index is 10.6. The molecule has 4 nitrogen and oxygen atoms in total. The van der Waals surface area contributed by atoms with E-state index in [0.29, 0.717) is 14.2 Å². The molecule has 1 heterocycles. The van der Waals surface area contributed by atoms with Gasteiger partial charge in [-0.1, -0.05) is 65.8 Å². The van der Waals surface area contributed by atoms with Crippen molar-refractivity contribution in [1.29, 1.82) is 0 Å². The minimum atomic E-state index is -4.46. The summed E-state index contributed by atoms with van der Waals surface area (Å²) in [6, 6.07) is 20.2. The van der Waals surface area contributed by atoms with Gasteiger partial charge < -0.3 is 4.52 Å². The molecule has 0 atom stereocenters. The molecule has 0 N–H and O–H groups in total. The molecule has 0 spiro atoms. The van der Waals surface area contributed by atoms with Crippen LogP contribution in [0.15, 0.2) is 71.4 Å². The highest BCUT2D eigenvalue weighted by molar-refractivity contribution is 5.79. The fraction of sp³-hybridized carbons (Fsp3) is 0.211. The van der Waals surface area contributed by atoms with Crippen molar-refractivity contribution in [2.24, 2.45) is 0 Å². The van der Waals surface area contributed by atoms with E-state index in [4.69, 9.17) is 4.52 Å². The Hall–Kier alpha value is -2.85. The van der Waals surface area contributed by atoms with Crippen LogP contribution in [-0.4, -0.2) is 32.1 Å². The zero-order valence-electron chi connectivity index (χ0n) is 15.3. The van der Waals surface area contributed by atoms with Crippen LogP contribution in [0, 0.1) is 0 Å². The van der Waals surface area contributed by atoms with E-state index in [9.17, 15) is 26.3 Å². The van der Waals surface area contributed by atoms with E-state index in [0.717, 1.165) is 22.4 Å². The van der Waals surface area contributed by atoms with Crippen LogP contribution in [0.4, 0.5) is 26.3 Å². The van der Waals surface area contributed by atoms with Crippen LogP contribution < -0.4 is 0 Å². The van der Waals surface area contributed by atoms with Crippen LogP contribution in [0.25, 0.3) is 22.4 Å². The number of aromatic nitrogens is 1. The second-order valence-electron chi connectivity index (χ2n) is 5.11. The van der Waals surface area contributed by atoms with Gasteiger partial charge in [0.2, 0.25) is 0 Å². The van der Waals surface area contributed by atoms with Crippen LogP contribution in [0.1, 0.15) is 0 Å². The van der Waals surface area contributed by atoms with Crippen LogP contribution in [0.5, 0.6) is 0 Å². The summed E-state index contributed by atoms with van der Waals surface area (Å²) < 4.78 is 74.4. The van der Waals surface area contributed by atoms with Crippen molar-refractivity contribution in [3.05, 3.63) is 66.9 Å². The number of hydrogen-bond donors (Lipinski definition) is 0. The molecule has 0 unspecified atom stereocenters. The zero-order valence-corrected chi connectivity index (χ0v) is 15.3. The lowest BCUT2D eigenvalue weighted by Crippen LogP contribution is -2.08. The summed E-state index contributed by atoms with van der Waals surface area (Å²) in [4.78, 5) is 0. The van der Waals surface area contributed by atoms with Gasteiger partial charge in [-0.05, 0) is 5.56 Å². The Labute approximate surface area is 162 Å². The molecule has 3 aromatic rings. The van der Waals surface area contributed by atoms with Gasteiger partial charge in [-0.25, -0.2) is 0 Å². The van der Waals surface area contributed by atoms with Gasteiger partial charge in [-0.3, -0.25) is 9.47 Å². The summed E-state index contributed by atoms with van der Waals surface area (Å²) in [7, 11) is 1.17. The predicted molar refractivity (Wildman–Crippen MR) is 93.5 cm³/mol. The molecule has 0 radical (unpaired) electrons. The minimum absolute atomic E-state index is 0.583. The Morgan fingerprint density at radius 3 is 1.45 bits per heavy atom. The van der Waals surface area contributed by atoms with Crippen LogP contribution in [0.3, 0.4) is 0 Å². The molecule has 2 aromatic carbocycles. The molecular weight excluding hydrogens is 404 g/mol. The van der Waals surface area contributed by atoms with Crippen molar-refractivity contribution in [3.63, 3.8) is 0 Å². The molecular formula is C19H17F6NO3. The molecule has 0 aliphatic carbocycles. The third-order valence-corrected chi connectivity index (χ3v) is 3.16. The Balaban J connectivity index is 0.000000293. The molecule has 0 aliphatic heterocycles. The first kappa shape index (κ1) is 24.2. The monoisotopic (exact) mass is 421 g/mol. The van der Waals surface area contributed by atoms with E-state index in [-0.39, 0.29) is 0 Å². The molecule has 0 amide bonds. The van der Waals surface area contributed by atoms with Crippen molar-refractivity contribution in [2.45, 2.75) is 12.7 Å². The number of halogens is 6. The van der Waals surface area contributed by atoms with Crippen molar-refractivity contribution >= 4 is 0 Å². The first-order valence-electron chi connectivity index (χ1n) is 7.86. The topological polar surface area (TPSA) is 44.5 Å². The summed E-state index contributed by atoms with van der Waals surface area (Å²) in [5.41, 5.74) is 4.10. The number of nitrogens with zero attached hydrogens (tertiary/aromatic N) is 1. The quantitative estimate of drug-likeness (QED) is 0.455. The molecule has 10 heteroatoms. The number of alkyl halides is 6. The number of rotatable bonds is 2. The van der Waals surface area contributed by atoms with Gasteiger partial charge >= 0.3 is 12.7 Å². The van der Waals surface area contributed by atoms with E-state index in [1.54, 1.807) is 6.26 Å². The van der Waals surface area contributed by atoms with Crippen LogP contribution in [0.2, 0.25) is 0 Å². The normalized spacial score (nSPS) is 11.0. The molecule has 3 rings (SSSR count). The van der Waals surface area contributed by atoms with E-state index < -0.39 is 12.7 Å². The number of hydrogen-bond acceptors (Lipinski definition) is 4. The average Bonchev–Trinajstić information content (AvgIpc) is 3.19. The smallest absolute Gasteiger partial charge is 0.363 e. The fourth-order valence-corrected chi connectivity index (χ4v) is 1.86. The molecule has 0 saturated heterocycles. The highest BCUT2D eigenvalue weighted by Crippen LogP contribution is 2.30. The van der Waals surface area contributed by atoms with Crippen molar-refractivity contribution < 1.29 is 40.3 Å². The lowest BCUT2D eigenvalue weighted by Gasteiger charge is -2.00. The first-order chi connectivity index (χ1) is 13.6. The van der Waals surface area contributed by atoms with Crippen molar-refractivity contribution in [2.75, 3.05) is 14.2 Å². The highest BCUT2D eigenvalue weighted by Gasteiger charge is 2.26. The summed E-state index contributed by atoms with van der Waals surface area (Å²) in [5.74, 6) is 0. The van der Waals surface area contributed by atoms with Gasteiger partial charge in [0.15, 0.2) is 0 Å². The summed E-state index contributed by atoms with van der Waals surface area (Å²) in [6.07, 6.45) is -7.22. The fourth-order valence-electron chi connectivity index (χ4n) is 1.86. The Morgan fingerprint density at radius 2 is 1.07 bits per heavy atom. The van der Waals surface area contributed by atoms with Gasteiger partial charge in [-0.2, -0.15) is 0 Å². The number of methoxy groups -OCH3 is 2. The van der Waals surface area contributed by atoms with E-state index in [1.165, 1.54) is 0 Å². The van der Waals surface area contributed by atoms with Gasteiger partial charge in [-0.15, -0.1) is 26.3 Å². The Kier molecular flexibility index (Phi) is 9.36. The van der Waals surface area contributed by atoms with Crippen molar-refractivity contribution in [3.8, 4) is 22.4 Å². The number of ether oxygens (including phenoxy) is 2. The van der Waals surface area contributed by atoms with Crippen LogP contribution in [-0.2, 0) is 9.47 Å². The predicted octanol–water partition coefficient (Wildman–Crippen LogP) is 6.31. The SMILES string of the molecule is COC(F)(F)F.COC(F)(F)F.c1ccc(-c2conc2-c2ccccc2)cc1. The molecule has 0 fully saturated rings. The van der Waals surface area contributed by atoms with Crippen LogP contribution >= 0.6 is 0 Å². The Morgan fingerprint density at radius 1 is 0.690 bits per heavy atom. The maximum Gasteiger partial charge on any atom is 0.522 e. The highest BCUT2D eigenvalue weighted by atomic mass is 19.4. The summed E-state index contributed by atoms with van der Waals surface area (Å²) in [5, 5.41) is 4.09. The molecule has 0 bridgehead atoms. The minimum Gasteiger partial charge on any atom is -0.363 e. The second kappa shape index (κ2) is 11.2. The largest absolute Gasteiger partial charge is 0.522 e. The maximum atomic E-state index is 10.6. The molecule has 1 aromatic heterocycles. The molecule has 158 valence electrons. The first-order valence-corrected chi connectivity index (χ1v) is 7.86. The van der Waals surface area contributed by atoms with E-state index >= 15 is 0 Å². The average molecular weight is 421 g/mol. The van der Waals surface area contributed by atoms with Gasteiger partial charge in [0.25, 0.3) is 0 Å². The third kappa shape index (κ3) is 9.77. The van der Waals surface area contributed by atoms with Gasteiger partial charge in [0.1, 0.15) is 12.0 Å².